The van der Waals surface area contributed by atoms with Crippen molar-refractivity contribution in [2.75, 3.05) is 20.8 Å². The Kier molecular flexibility index (Phi) is 31.2. The summed E-state index contributed by atoms with van der Waals surface area (Å²) >= 11 is 0. The topological polar surface area (TPSA) is 209 Å². The number of ketones is 1. The summed E-state index contributed by atoms with van der Waals surface area (Å²) in [6, 6.07) is 0. The number of carbonyl (C=O) groups excluding carboxylic acids is 6. The molecular weight excluding hydrogens is 933 g/mol. The summed E-state index contributed by atoms with van der Waals surface area (Å²) in [4.78, 5) is 67.7. The van der Waals surface area contributed by atoms with Gasteiger partial charge in [-0.1, -0.05) is 137 Å². The molecule has 0 aliphatic carbocycles. The highest BCUT2D eigenvalue weighted by atomic mass is 16.6. The number of methoxy groups -OCH3 is 2. The smallest absolute Gasteiger partial charge is 0.373 e. The third kappa shape index (κ3) is 26.3. The van der Waals surface area contributed by atoms with Gasteiger partial charge in [-0.25, -0.2) is 4.79 Å². The molecule has 3 aliphatic rings. The first-order valence-corrected chi connectivity index (χ1v) is 26.3. The Hall–Kier alpha value is -4.82. The maximum Gasteiger partial charge on any atom is 0.373 e. The van der Waals surface area contributed by atoms with Gasteiger partial charge in [0.15, 0.2) is 0 Å². The van der Waals surface area contributed by atoms with E-state index in [1.165, 1.54) is 6.08 Å². The van der Waals surface area contributed by atoms with Crippen LogP contribution >= 0.6 is 0 Å². The predicted molar refractivity (Wildman–Crippen MR) is 280 cm³/mol. The van der Waals surface area contributed by atoms with E-state index in [1.54, 1.807) is 26.4 Å². The molecule has 1 fully saturated rings. The molecule has 0 aromatic heterocycles. The standard InChI is InChI=1S/C58H88O12.CO2/c1-11-45-20-14-12-13-15-22-48(59)31-46-32-51(68-57(64)33-46)36-54(67-10)42(6)25-24-41(5)43(7)53(62)35-49(60)23-17-21-47-34-58(65)70-55(44(47)8)28-40(4)27-52(37-66-9)69-56(63)29-39(3)19-16-18-38(2)26-50(61)30-45;2-1-3/h12-19,21,23,28,33,39,41-45,49-55,60-62H,11,20,22,24-27,29-32,34-37H2,1-10H3;/b14-12+,15-13-,19-16+,23-17+,38-18-,40-28-,47-21+;. The number of fused-ring (bicyclic) bond motifs is 4. The van der Waals surface area contributed by atoms with Gasteiger partial charge in [0.2, 0.25) is 0 Å². The molecule has 0 saturated carbocycles. The molecule has 0 radical (unpaired) electrons. The second-order valence-electron chi connectivity index (χ2n) is 20.7. The lowest BCUT2D eigenvalue weighted by atomic mass is 9.82. The van der Waals surface area contributed by atoms with Crippen molar-refractivity contribution in [3.63, 3.8) is 0 Å². The first-order valence-electron chi connectivity index (χ1n) is 26.3. The van der Waals surface area contributed by atoms with Crippen LogP contribution in [0.4, 0.5) is 0 Å². The fourth-order valence-corrected chi connectivity index (χ4v) is 9.55. The van der Waals surface area contributed by atoms with Crippen molar-refractivity contribution in [2.45, 2.75) is 188 Å². The Morgan fingerprint density at radius 3 is 2.11 bits per heavy atom. The molecular formula is C59H88O14. The molecule has 3 heterocycles. The lowest BCUT2D eigenvalue weighted by molar-refractivity contribution is -0.192. The van der Waals surface area contributed by atoms with Crippen LogP contribution in [0.1, 0.15) is 145 Å². The summed E-state index contributed by atoms with van der Waals surface area (Å²) in [7, 11) is 3.23. The Morgan fingerprint density at radius 2 is 1.42 bits per heavy atom. The van der Waals surface area contributed by atoms with Crippen molar-refractivity contribution in [3.05, 3.63) is 95.2 Å². The Bertz CT molecular complexity index is 2000. The number of carbonyl (C=O) groups is 4. The Balaban J connectivity index is 0.00000593. The summed E-state index contributed by atoms with van der Waals surface area (Å²) in [5.74, 6) is -0.848. The van der Waals surface area contributed by atoms with Gasteiger partial charge in [-0.3, -0.25) is 14.4 Å². The van der Waals surface area contributed by atoms with E-state index >= 15 is 0 Å². The molecule has 0 aromatic carbocycles. The zero-order chi connectivity index (χ0) is 54.5. The number of Topliss-reactive ketones (excluding diaryl/α,β-unsaturated/α-hetero) is 1. The monoisotopic (exact) mass is 1020 g/mol. The van der Waals surface area contributed by atoms with Gasteiger partial charge >= 0.3 is 24.1 Å². The van der Waals surface area contributed by atoms with Crippen molar-refractivity contribution in [2.24, 2.45) is 35.5 Å². The number of aliphatic hydroxyl groups excluding tert-OH is 3. The molecule has 13 atom stereocenters. The summed E-state index contributed by atoms with van der Waals surface area (Å²) in [6.07, 6.45) is 25.5. The van der Waals surface area contributed by atoms with Crippen LogP contribution in [0.25, 0.3) is 0 Å². The van der Waals surface area contributed by atoms with E-state index in [1.807, 2.05) is 83.2 Å². The van der Waals surface area contributed by atoms with Gasteiger partial charge in [0.25, 0.3) is 0 Å². The number of hydrogen-bond acceptors (Lipinski definition) is 14. The second kappa shape index (κ2) is 35.4. The minimum Gasteiger partial charge on any atom is -0.460 e. The maximum absolute atomic E-state index is 13.1. The molecule has 0 amide bonds. The molecule has 408 valence electrons. The van der Waals surface area contributed by atoms with Crippen molar-refractivity contribution in [1.82, 2.24) is 0 Å². The predicted octanol–water partition coefficient (Wildman–Crippen LogP) is 9.74. The number of allylic oxidation sites excluding steroid dienone is 9. The van der Waals surface area contributed by atoms with Gasteiger partial charge in [0.1, 0.15) is 24.1 Å². The van der Waals surface area contributed by atoms with Crippen molar-refractivity contribution in [3.8, 4) is 0 Å². The van der Waals surface area contributed by atoms with Crippen LogP contribution in [0, 0.1) is 35.5 Å². The molecule has 14 nitrogen and oxygen atoms in total. The largest absolute Gasteiger partial charge is 0.460 e. The van der Waals surface area contributed by atoms with Crippen LogP contribution < -0.4 is 0 Å². The van der Waals surface area contributed by atoms with Gasteiger partial charge in [0.05, 0.1) is 43.9 Å². The first-order chi connectivity index (χ1) is 34.7. The molecule has 3 N–H and O–H groups in total. The van der Waals surface area contributed by atoms with Crippen molar-refractivity contribution < 1.29 is 67.8 Å². The Labute approximate surface area is 435 Å². The van der Waals surface area contributed by atoms with Crippen LogP contribution in [-0.2, 0) is 52.5 Å². The maximum atomic E-state index is 13.1. The summed E-state index contributed by atoms with van der Waals surface area (Å²) in [5, 5.41) is 33.0. The quantitative estimate of drug-likeness (QED) is 0.136. The minimum absolute atomic E-state index is 0.0204. The number of cyclic esters (lactones) is 1. The third-order valence-corrected chi connectivity index (χ3v) is 14.3. The lowest BCUT2D eigenvalue weighted by Crippen LogP contribution is -2.32. The van der Waals surface area contributed by atoms with Gasteiger partial charge in [0, 0.05) is 64.7 Å². The molecule has 4 bridgehead atoms. The molecule has 13 unspecified atom stereocenters. The fourth-order valence-electron chi connectivity index (χ4n) is 9.55. The molecule has 14 heteroatoms. The fraction of sp³-hybridized carbons (Fsp3) is 0.644. The molecule has 73 heavy (non-hydrogen) atoms. The van der Waals surface area contributed by atoms with Crippen LogP contribution in [0.3, 0.4) is 0 Å². The summed E-state index contributed by atoms with van der Waals surface area (Å²) in [5.41, 5.74) is 3.55. The van der Waals surface area contributed by atoms with E-state index in [0.29, 0.717) is 38.0 Å². The van der Waals surface area contributed by atoms with E-state index in [2.05, 4.69) is 26.8 Å². The van der Waals surface area contributed by atoms with Gasteiger partial charge in [-0.05, 0) is 75.2 Å². The lowest BCUT2D eigenvalue weighted by Gasteiger charge is -2.31. The van der Waals surface area contributed by atoms with E-state index in [-0.39, 0.29) is 98.3 Å². The molecule has 1 saturated heterocycles. The highest BCUT2D eigenvalue weighted by Crippen LogP contribution is 2.32. The molecule has 0 aromatic rings. The zero-order valence-corrected chi connectivity index (χ0v) is 45.4. The third-order valence-electron chi connectivity index (χ3n) is 14.3. The van der Waals surface area contributed by atoms with Gasteiger partial charge < -0.3 is 39.0 Å². The highest BCUT2D eigenvalue weighted by Gasteiger charge is 2.32. The number of ether oxygens (including phenoxy) is 5. The second-order valence-corrected chi connectivity index (χ2v) is 20.7. The van der Waals surface area contributed by atoms with Crippen LogP contribution in [0.15, 0.2) is 95.2 Å². The summed E-state index contributed by atoms with van der Waals surface area (Å²) < 4.78 is 28.6. The number of aliphatic hydroxyl groups is 3. The highest BCUT2D eigenvalue weighted by molar-refractivity contribution is 5.88. The van der Waals surface area contributed by atoms with Gasteiger partial charge in [-0.15, -0.1) is 0 Å². The van der Waals surface area contributed by atoms with Gasteiger partial charge in [-0.2, -0.15) is 9.59 Å². The van der Waals surface area contributed by atoms with Crippen molar-refractivity contribution >= 4 is 29.8 Å². The van der Waals surface area contributed by atoms with Crippen molar-refractivity contribution in [1.29, 1.82) is 0 Å². The van der Waals surface area contributed by atoms with E-state index < -0.39 is 42.6 Å². The number of esters is 3. The summed E-state index contributed by atoms with van der Waals surface area (Å²) in [6.45, 7) is 16.4. The average Bonchev–Trinajstić information content (AvgIpc) is 3.31. The van der Waals surface area contributed by atoms with Crippen LogP contribution in [0.5, 0.6) is 0 Å². The number of hydrogen-bond donors (Lipinski definition) is 3. The average molecular weight is 1020 g/mol. The number of rotatable bonds is 4. The van der Waals surface area contributed by atoms with E-state index in [9.17, 15) is 34.5 Å². The van der Waals surface area contributed by atoms with Crippen LogP contribution in [0.2, 0.25) is 0 Å². The minimum atomic E-state index is -0.897. The van der Waals surface area contributed by atoms with E-state index in [0.717, 1.165) is 48.0 Å². The molecule has 0 spiro atoms. The molecule has 3 rings (SSSR count). The first kappa shape index (κ1) is 64.3. The SMILES string of the molecule is CCC1C/C=C/C=C\CC(=O)CC2=CC(=O)OC(C2)CC(OC)C(C)CCC(C)C(C)C(O)CC(O)/C=C/C=C2\CC(=O)OC(/C=C(/C)CC(COC)OC(=O)CC(C)/C=C/C=C(/C)CC(O)C1)C2C.O=C=O. The normalized spacial score (nSPS) is 36.0. The molecule has 3 aliphatic heterocycles. The van der Waals surface area contributed by atoms with E-state index in [4.69, 9.17) is 33.3 Å². The van der Waals surface area contributed by atoms with Crippen LogP contribution in [-0.4, -0.2) is 109 Å². The Morgan fingerprint density at radius 1 is 0.740 bits per heavy atom. The zero-order valence-electron chi connectivity index (χ0n) is 45.4.